The summed E-state index contributed by atoms with van der Waals surface area (Å²) in [6.07, 6.45) is -0.453. The lowest BCUT2D eigenvalue weighted by Crippen LogP contribution is -2.52. The average molecular weight is 370 g/mol. The fraction of sp³-hybridized carbons (Fsp3) is 0.211. The quantitative estimate of drug-likeness (QED) is 0.308. The van der Waals surface area contributed by atoms with Crippen molar-refractivity contribution in [3.05, 3.63) is 71.8 Å². The van der Waals surface area contributed by atoms with E-state index in [2.05, 4.69) is 10.6 Å². The minimum absolute atomic E-state index is 0.0977. The highest BCUT2D eigenvalue weighted by Crippen LogP contribution is 2.03. The third-order valence-corrected chi connectivity index (χ3v) is 3.68. The summed E-state index contributed by atoms with van der Waals surface area (Å²) < 4.78 is 5.02. The Kier molecular flexibility index (Phi) is 7.80. The molecular weight excluding hydrogens is 348 g/mol. The summed E-state index contributed by atoms with van der Waals surface area (Å²) in [5, 5.41) is 4.89. The van der Waals surface area contributed by atoms with Gasteiger partial charge in [-0.05, 0) is 11.1 Å². The van der Waals surface area contributed by atoms with Crippen LogP contribution in [-0.2, 0) is 27.4 Å². The van der Waals surface area contributed by atoms with Gasteiger partial charge in [0, 0.05) is 6.42 Å². The molecule has 1 atom stereocenters. The summed E-state index contributed by atoms with van der Waals surface area (Å²) in [6, 6.07) is 17.5. The summed E-state index contributed by atoms with van der Waals surface area (Å²) in [7, 11) is 0. The fourth-order valence-corrected chi connectivity index (χ4v) is 2.33. The molecule has 0 fully saturated rings. The standard InChI is InChI=1S/C19H22N4O4/c20-23-18(25)16(11-14-7-3-1-4-8-14)22-17(24)12-21-19(26)27-13-15-9-5-2-6-10-15/h1-10,16H,11-13,20H2,(H,21,26)(H,22,24)(H,23,25)/t16-/m0/s1. The number of hydrogen-bond donors (Lipinski definition) is 4. The minimum atomic E-state index is -0.855. The molecule has 2 aromatic carbocycles. The average Bonchev–Trinajstić information content (AvgIpc) is 2.71. The van der Waals surface area contributed by atoms with Gasteiger partial charge in [-0.25, -0.2) is 10.6 Å². The number of nitrogens with two attached hydrogens (primary N) is 1. The summed E-state index contributed by atoms with van der Waals surface area (Å²) in [5.74, 6) is 4.12. The Balaban J connectivity index is 1.79. The molecule has 0 saturated heterocycles. The first-order valence-corrected chi connectivity index (χ1v) is 8.37. The van der Waals surface area contributed by atoms with Crippen molar-refractivity contribution in [1.29, 1.82) is 0 Å². The van der Waals surface area contributed by atoms with E-state index < -0.39 is 23.9 Å². The van der Waals surface area contributed by atoms with Crippen molar-refractivity contribution < 1.29 is 19.1 Å². The molecule has 0 saturated carbocycles. The Hall–Kier alpha value is -3.39. The van der Waals surface area contributed by atoms with Gasteiger partial charge in [0.15, 0.2) is 0 Å². The molecule has 0 aliphatic rings. The van der Waals surface area contributed by atoms with Crippen LogP contribution in [0, 0.1) is 0 Å². The van der Waals surface area contributed by atoms with Crippen LogP contribution >= 0.6 is 0 Å². The number of nitrogens with one attached hydrogen (secondary N) is 3. The zero-order valence-corrected chi connectivity index (χ0v) is 14.7. The lowest BCUT2D eigenvalue weighted by atomic mass is 10.1. The topological polar surface area (TPSA) is 123 Å². The number of carbonyl (C=O) groups excluding carboxylic acids is 3. The van der Waals surface area contributed by atoms with Gasteiger partial charge in [-0.1, -0.05) is 60.7 Å². The molecule has 0 spiro atoms. The molecule has 0 aliphatic heterocycles. The van der Waals surface area contributed by atoms with Crippen molar-refractivity contribution in [3.63, 3.8) is 0 Å². The maximum absolute atomic E-state index is 12.0. The van der Waals surface area contributed by atoms with Crippen LogP contribution in [0.3, 0.4) is 0 Å². The molecule has 0 aromatic heterocycles. The van der Waals surface area contributed by atoms with Crippen LogP contribution in [0.25, 0.3) is 0 Å². The molecule has 142 valence electrons. The van der Waals surface area contributed by atoms with E-state index in [1.165, 1.54) is 0 Å². The highest BCUT2D eigenvalue weighted by molar-refractivity contribution is 5.89. The SMILES string of the molecule is NNC(=O)[C@H](Cc1ccccc1)NC(=O)CNC(=O)OCc1ccccc1. The molecule has 0 aliphatic carbocycles. The van der Waals surface area contributed by atoms with E-state index in [-0.39, 0.29) is 19.6 Å². The second-order valence-electron chi connectivity index (χ2n) is 5.73. The fourth-order valence-electron chi connectivity index (χ4n) is 2.33. The lowest BCUT2D eigenvalue weighted by Gasteiger charge is -2.17. The molecule has 2 aromatic rings. The van der Waals surface area contributed by atoms with Crippen LogP contribution in [0.5, 0.6) is 0 Å². The summed E-state index contributed by atoms with van der Waals surface area (Å²) in [5.41, 5.74) is 3.72. The van der Waals surface area contributed by atoms with Crippen molar-refractivity contribution in [2.45, 2.75) is 19.1 Å². The van der Waals surface area contributed by atoms with E-state index in [4.69, 9.17) is 10.6 Å². The van der Waals surface area contributed by atoms with Crippen LogP contribution in [0.1, 0.15) is 11.1 Å². The maximum atomic E-state index is 12.0. The molecule has 2 rings (SSSR count). The van der Waals surface area contributed by atoms with E-state index in [0.717, 1.165) is 11.1 Å². The number of amides is 3. The zero-order valence-electron chi connectivity index (χ0n) is 14.7. The van der Waals surface area contributed by atoms with Crippen LogP contribution in [0.15, 0.2) is 60.7 Å². The van der Waals surface area contributed by atoms with Gasteiger partial charge in [-0.2, -0.15) is 0 Å². The molecule has 0 radical (unpaired) electrons. The Labute approximate surface area is 157 Å². The van der Waals surface area contributed by atoms with Gasteiger partial charge in [0.2, 0.25) is 5.91 Å². The van der Waals surface area contributed by atoms with Crippen molar-refractivity contribution >= 4 is 17.9 Å². The maximum Gasteiger partial charge on any atom is 0.407 e. The Morgan fingerprint density at radius 1 is 0.926 bits per heavy atom. The van der Waals surface area contributed by atoms with Crippen molar-refractivity contribution in [2.75, 3.05) is 6.54 Å². The molecule has 0 heterocycles. The molecule has 8 nitrogen and oxygen atoms in total. The number of carbonyl (C=O) groups is 3. The molecule has 8 heteroatoms. The molecule has 0 unspecified atom stereocenters. The first-order chi connectivity index (χ1) is 13.1. The second kappa shape index (κ2) is 10.6. The summed E-state index contributed by atoms with van der Waals surface area (Å²) >= 11 is 0. The zero-order chi connectivity index (χ0) is 19.5. The van der Waals surface area contributed by atoms with Crippen LogP contribution in [-0.4, -0.2) is 30.5 Å². The largest absolute Gasteiger partial charge is 0.445 e. The minimum Gasteiger partial charge on any atom is -0.445 e. The first-order valence-electron chi connectivity index (χ1n) is 8.37. The predicted molar refractivity (Wildman–Crippen MR) is 99.0 cm³/mol. The second-order valence-corrected chi connectivity index (χ2v) is 5.73. The summed E-state index contributed by atoms with van der Waals surface area (Å²) in [4.78, 5) is 35.6. The van der Waals surface area contributed by atoms with E-state index in [1.54, 1.807) is 0 Å². The molecule has 27 heavy (non-hydrogen) atoms. The van der Waals surface area contributed by atoms with Gasteiger partial charge < -0.3 is 15.4 Å². The third-order valence-electron chi connectivity index (χ3n) is 3.68. The van der Waals surface area contributed by atoms with Gasteiger partial charge in [-0.15, -0.1) is 0 Å². The van der Waals surface area contributed by atoms with Gasteiger partial charge >= 0.3 is 6.09 Å². The highest BCUT2D eigenvalue weighted by Gasteiger charge is 2.20. The Morgan fingerprint density at radius 2 is 1.52 bits per heavy atom. The molecular formula is C19H22N4O4. The van der Waals surface area contributed by atoms with E-state index in [9.17, 15) is 14.4 Å². The molecule has 5 N–H and O–H groups in total. The van der Waals surface area contributed by atoms with Gasteiger partial charge in [0.1, 0.15) is 19.2 Å². The molecule has 0 bridgehead atoms. The van der Waals surface area contributed by atoms with Crippen molar-refractivity contribution in [2.24, 2.45) is 5.84 Å². The number of ether oxygens (including phenoxy) is 1. The normalized spacial score (nSPS) is 11.1. The Morgan fingerprint density at radius 3 is 2.11 bits per heavy atom. The highest BCUT2D eigenvalue weighted by atomic mass is 16.5. The van der Waals surface area contributed by atoms with Crippen LogP contribution in [0.4, 0.5) is 4.79 Å². The number of alkyl carbamates (subject to hydrolysis) is 1. The van der Waals surface area contributed by atoms with Gasteiger partial charge in [-0.3, -0.25) is 15.0 Å². The van der Waals surface area contributed by atoms with Gasteiger partial charge in [0.25, 0.3) is 5.91 Å². The first kappa shape index (κ1) is 19.9. The van der Waals surface area contributed by atoms with Crippen LogP contribution in [0.2, 0.25) is 0 Å². The number of hydrogen-bond acceptors (Lipinski definition) is 5. The number of rotatable bonds is 8. The lowest BCUT2D eigenvalue weighted by molar-refractivity contribution is -0.128. The smallest absolute Gasteiger partial charge is 0.407 e. The van der Waals surface area contributed by atoms with Crippen LogP contribution < -0.4 is 21.9 Å². The van der Waals surface area contributed by atoms with E-state index in [0.29, 0.717) is 0 Å². The molecule has 3 amide bonds. The van der Waals surface area contributed by atoms with Crippen molar-refractivity contribution in [1.82, 2.24) is 16.1 Å². The predicted octanol–water partition coefficient (Wildman–Crippen LogP) is 0.630. The van der Waals surface area contributed by atoms with E-state index >= 15 is 0 Å². The number of hydrazine groups is 1. The third kappa shape index (κ3) is 7.17. The monoisotopic (exact) mass is 370 g/mol. The summed E-state index contributed by atoms with van der Waals surface area (Å²) in [6.45, 7) is -0.225. The van der Waals surface area contributed by atoms with E-state index in [1.807, 2.05) is 66.1 Å². The van der Waals surface area contributed by atoms with Gasteiger partial charge in [0.05, 0.1) is 0 Å². The number of benzene rings is 2. The van der Waals surface area contributed by atoms with Crippen molar-refractivity contribution in [3.8, 4) is 0 Å². The Bertz CT molecular complexity index is 753.